The number of H-pyrrole nitrogens is 1. The summed E-state index contributed by atoms with van der Waals surface area (Å²) in [6, 6.07) is 16.0. The lowest BCUT2D eigenvalue weighted by molar-refractivity contribution is 0.0785. The van der Waals surface area contributed by atoms with E-state index in [0.717, 1.165) is 22.0 Å². The standard InChI is InChI=1S/C18H18N2O/c1-13-3-5-14(6-4-13)12-20(2)18(21)16-7-8-17-15(11-16)9-10-19-17/h3-11,19H,12H2,1-2H3. The topological polar surface area (TPSA) is 36.1 Å². The molecule has 0 aliphatic rings. The van der Waals surface area contributed by atoms with Gasteiger partial charge in [0.15, 0.2) is 0 Å². The molecule has 0 atom stereocenters. The van der Waals surface area contributed by atoms with Crippen molar-refractivity contribution in [3.05, 3.63) is 71.4 Å². The summed E-state index contributed by atoms with van der Waals surface area (Å²) >= 11 is 0. The average molecular weight is 278 g/mol. The number of amides is 1. The molecule has 0 fully saturated rings. The van der Waals surface area contributed by atoms with E-state index in [-0.39, 0.29) is 5.91 Å². The second kappa shape index (κ2) is 5.44. The summed E-state index contributed by atoms with van der Waals surface area (Å²) in [5.74, 6) is 0.0404. The van der Waals surface area contributed by atoms with Gasteiger partial charge in [0.25, 0.3) is 5.91 Å². The highest BCUT2D eigenvalue weighted by Crippen LogP contribution is 2.16. The third kappa shape index (κ3) is 2.82. The summed E-state index contributed by atoms with van der Waals surface area (Å²) in [6.45, 7) is 2.68. The SMILES string of the molecule is Cc1ccc(CN(C)C(=O)c2ccc3[nH]ccc3c2)cc1. The second-order valence-corrected chi connectivity index (χ2v) is 5.43. The summed E-state index contributed by atoms with van der Waals surface area (Å²) < 4.78 is 0. The van der Waals surface area contributed by atoms with Crippen molar-refractivity contribution in [1.82, 2.24) is 9.88 Å². The maximum Gasteiger partial charge on any atom is 0.253 e. The molecule has 3 heteroatoms. The molecule has 2 aromatic carbocycles. The van der Waals surface area contributed by atoms with Crippen LogP contribution in [0.4, 0.5) is 0 Å². The fourth-order valence-corrected chi connectivity index (χ4v) is 2.45. The highest BCUT2D eigenvalue weighted by molar-refractivity contribution is 5.97. The van der Waals surface area contributed by atoms with Crippen molar-refractivity contribution < 1.29 is 4.79 Å². The van der Waals surface area contributed by atoms with E-state index in [2.05, 4.69) is 36.2 Å². The van der Waals surface area contributed by atoms with Gasteiger partial charge in [0.1, 0.15) is 0 Å². The molecule has 3 aromatic rings. The quantitative estimate of drug-likeness (QED) is 0.778. The van der Waals surface area contributed by atoms with Crippen LogP contribution in [0.3, 0.4) is 0 Å². The van der Waals surface area contributed by atoms with Gasteiger partial charge in [-0.25, -0.2) is 0 Å². The number of nitrogens with zero attached hydrogens (tertiary/aromatic N) is 1. The third-order valence-electron chi connectivity index (χ3n) is 3.69. The minimum Gasteiger partial charge on any atom is -0.361 e. The van der Waals surface area contributed by atoms with E-state index >= 15 is 0 Å². The molecule has 1 heterocycles. The summed E-state index contributed by atoms with van der Waals surface area (Å²) in [4.78, 5) is 17.4. The minimum absolute atomic E-state index is 0.0404. The van der Waals surface area contributed by atoms with E-state index in [9.17, 15) is 4.79 Å². The number of nitrogens with one attached hydrogen (secondary N) is 1. The molecule has 0 saturated heterocycles. The van der Waals surface area contributed by atoms with Crippen LogP contribution in [0.1, 0.15) is 21.5 Å². The van der Waals surface area contributed by atoms with Crippen LogP contribution in [-0.2, 0) is 6.54 Å². The lowest BCUT2D eigenvalue weighted by Gasteiger charge is -2.17. The Morgan fingerprint density at radius 2 is 1.86 bits per heavy atom. The van der Waals surface area contributed by atoms with Crippen LogP contribution in [0.15, 0.2) is 54.7 Å². The number of aromatic nitrogens is 1. The van der Waals surface area contributed by atoms with Crippen molar-refractivity contribution in [3.8, 4) is 0 Å². The van der Waals surface area contributed by atoms with E-state index in [4.69, 9.17) is 0 Å². The van der Waals surface area contributed by atoms with Gasteiger partial charge in [-0.15, -0.1) is 0 Å². The highest BCUT2D eigenvalue weighted by Gasteiger charge is 2.12. The predicted octanol–water partition coefficient (Wildman–Crippen LogP) is 3.75. The Hall–Kier alpha value is -2.55. The molecular formula is C18H18N2O. The Balaban J connectivity index is 1.78. The number of carbonyl (C=O) groups is 1. The molecule has 3 nitrogen and oxygen atoms in total. The number of hydrogen-bond acceptors (Lipinski definition) is 1. The molecular weight excluding hydrogens is 260 g/mol. The van der Waals surface area contributed by atoms with E-state index < -0.39 is 0 Å². The first-order valence-corrected chi connectivity index (χ1v) is 7.01. The van der Waals surface area contributed by atoms with Gasteiger partial charge in [-0.2, -0.15) is 0 Å². The Morgan fingerprint density at radius 1 is 1.10 bits per heavy atom. The summed E-state index contributed by atoms with van der Waals surface area (Å²) in [5, 5.41) is 1.06. The lowest BCUT2D eigenvalue weighted by Crippen LogP contribution is -2.26. The van der Waals surface area contributed by atoms with Gasteiger partial charge in [-0.3, -0.25) is 4.79 Å². The van der Waals surface area contributed by atoms with Crippen molar-refractivity contribution in [2.45, 2.75) is 13.5 Å². The summed E-state index contributed by atoms with van der Waals surface area (Å²) in [6.07, 6.45) is 1.88. The molecule has 1 aromatic heterocycles. The van der Waals surface area contributed by atoms with Crippen LogP contribution in [0.2, 0.25) is 0 Å². The number of carbonyl (C=O) groups excluding carboxylic acids is 1. The molecule has 3 rings (SSSR count). The minimum atomic E-state index is 0.0404. The number of aromatic amines is 1. The maximum absolute atomic E-state index is 12.5. The monoisotopic (exact) mass is 278 g/mol. The molecule has 0 radical (unpaired) electrons. The molecule has 1 amide bonds. The zero-order chi connectivity index (χ0) is 14.8. The van der Waals surface area contributed by atoms with E-state index in [1.54, 1.807) is 4.90 Å². The average Bonchev–Trinajstić information content (AvgIpc) is 2.96. The number of hydrogen-bond donors (Lipinski definition) is 1. The first-order chi connectivity index (χ1) is 10.1. The van der Waals surface area contributed by atoms with Gasteiger partial charge in [-0.05, 0) is 36.8 Å². The fraction of sp³-hybridized carbons (Fsp3) is 0.167. The van der Waals surface area contributed by atoms with Crippen LogP contribution in [-0.4, -0.2) is 22.8 Å². The Labute approximate surface area is 124 Å². The molecule has 0 saturated carbocycles. The van der Waals surface area contributed by atoms with Gasteiger partial charge < -0.3 is 9.88 Å². The smallest absolute Gasteiger partial charge is 0.253 e. The molecule has 0 aliphatic heterocycles. The number of rotatable bonds is 3. The van der Waals surface area contributed by atoms with E-state index in [0.29, 0.717) is 6.54 Å². The zero-order valence-corrected chi connectivity index (χ0v) is 12.3. The number of benzene rings is 2. The van der Waals surface area contributed by atoms with Crippen molar-refractivity contribution in [3.63, 3.8) is 0 Å². The summed E-state index contributed by atoms with van der Waals surface area (Å²) in [7, 11) is 1.84. The third-order valence-corrected chi connectivity index (χ3v) is 3.69. The van der Waals surface area contributed by atoms with E-state index in [1.165, 1.54) is 5.56 Å². The number of fused-ring (bicyclic) bond motifs is 1. The number of aryl methyl sites for hydroxylation is 1. The molecule has 0 spiro atoms. The molecule has 0 unspecified atom stereocenters. The first kappa shape index (κ1) is 13.4. The maximum atomic E-state index is 12.5. The molecule has 21 heavy (non-hydrogen) atoms. The van der Waals surface area contributed by atoms with Gasteiger partial charge in [-0.1, -0.05) is 29.8 Å². The zero-order valence-electron chi connectivity index (χ0n) is 12.3. The van der Waals surface area contributed by atoms with Crippen LogP contribution in [0, 0.1) is 6.92 Å². The largest absolute Gasteiger partial charge is 0.361 e. The Bertz CT molecular complexity index is 771. The van der Waals surface area contributed by atoms with Crippen LogP contribution >= 0.6 is 0 Å². The van der Waals surface area contributed by atoms with Gasteiger partial charge in [0.05, 0.1) is 0 Å². The van der Waals surface area contributed by atoms with Crippen molar-refractivity contribution in [2.24, 2.45) is 0 Å². The molecule has 0 bridgehead atoms. The first-order valence-electron chi connectivity index (χ1n) is 7.01. The summed E-state index contributed by atoms with van der Waals surface area (Å²) in [5.41, 5.74) is 4.13. The molecule has 0 aliphatic carbocycles. The van der Waals surface area contributed by atoms with Gasteiger partial charge in [0.2, 0.25) is 0 Å². The normalized spacial score (nSPS) is 10.8. The van der Waals surface area contributed by atoms with Crippen LogP contribution in [0.25, 0.3) is 10.9 Å². The van der Waals surface area contributed by atoms with Gasteiger partial charge in [0, 0.05) is 36.3 Å². The van der Waals surface area contributed by atoms with Crippen molar-refractivity contribution >= 4 is 16.8 Å². The predicted molar refractivity (Wildman–Crippen MR) is 85.3 cm³/mol. The second-order valence-electron chi connectivity index (χ2n) is 5.43. The molecule has 106 valence electrons. The van der Waals surface area contributed by atoms with Crippen molar-refractivity contribution in [2.75, 3.05) is 7.05 Å². The Kier molecular flexibility index (Phi) is 3.48. The van der Waals surface area contributed by atoms with Crippen LogP contribution in [0.5, 0.6) is 0 Å². The highest BCUT2D eigenvalue weighted by atomic mass is 16.2. The van der Waals surface area contributed by atoms with Crippen LogP contribution < -0.4 is 0 Å². The Morgan fingerprint density at radius 3 is 2.62 bits per heavy atom. The molecule has 1 N–H and O–H groups in total. The lowest BCUT2D eigenvalue weighted by atomic mass is 10.1. The van der Waals surface area contributed by atoms with Crippen molar-refractivity contribution in [1.29, 1.82) is 0 Å². The fourth-order valence-electron chi connectivity index (χ4n) is 2.45. The van der Waals surface area contributed by atoms with Gasteiger partial charge >= 0.3 is 0 Å². The van der Waals surface area contributed by atoms with E-state index in [1.807, 2.05) is 37.5 Å².